The van der Waals surface area contributed by atoms with E-state index in [1.54, 1.807) is 48.5 Å². The summed E-state index contributed by atoms with van der Waals surface area (Å²) in [5.41, 5.74) is 6.35. The number of benzene rings is 4. The highest BCUT2D eigenvalue weighted by atomic mass is 16.5. The predicted octanol–water partition coefficient (Wildman–Crippen LogP) is 5.14. The second kappa shape index (κ2) is 14.8. The lowest BCUT2D eigenvalue weighted by atomic mass is 10.1. The normalized spacial score (nSPS) is 15.5. The number of hydrogen-bond donors (Lipinski definition) is 0. The molecule has 8 nitrogen and oxygen atoms in total. The van der Waals surface area contributed by atoms with Crippen molar-refractivity contribution in [1.82, 2.24) is 0 Å². The van der Waals surface area contributed by atoms with Gasteiger partial charge in [-0.25, -0.2) is 0 Å². The molecule has 0 saturated heterocycles. The number of ether oxygens (including phenoxy) is 4. The molecule has 4 aromatic carbocycles. The minimum absolute atomic E-state index is 0.108. The highest BCUT2D eigenvalue weighted by molar-refractivity contribution is 5.75. The minimum Gasteiger partial charge on any atom is -0.461 e. The van der Waals surface area contributed by atoms with Crippen LogP contribution < -0.4 is 0 Å². The Bertz CT molecular complexity index is 1350. The fourth-order valence-corrected chi connectivity index (χ4v) is 4.54. The molecule has 4 aromatic rings. The molecule has 7 heterocycles. The van der Waals surface area contributed by atoms with Crippen LogP contribution in [0.5, 0.6) is 0 Å². The summed E-state index contributed by atoms with van der Waals surface area (Å²) in [5.74, 6) is -1.45. The largest absolute Gasteiger partial charge is 0.461 e. The zero-order valence-electron chi connectivity index (χ0n) is 24.2. The van der Waals surface area contributed by atoms with Gasteiger partial charge < -0.3 is 18.9 Å². The van der Waals surface area contributed by atoms with Crippen LogP contribution in [0, 0.1) is 0 Å². The molecule has 0 saturated carbocycles. The molecule has 0 N–H and O–H groups in total. The SMILES string of the molecule is O=C1Cc2ccc(cc2)CC(=O)OCc2ccc(cc2)COC(=O)Cc2ccc(cc2)CC(=O)OCc2ccc(cc2)CO1. The highest BCUT2D eigenvalue weighted by Gasteiger charge is 2.11. The lowest BCUT2D eigenvalue weighted by molar-refractivity contribution is -0.145. The highest BCUT2D eigenvalue weighted by Crippen LogP contribution is 2.14. The first kappa shape index (κ1) is 30.2. The predicted molar refractivity (Wildman–Crippen MR) is 160 cm³/mol. The van der Waals surface area contributed by atoms with Gasteiger partial charge in [0.1, 0.15) is 26.4 Å². The van der Waals surface area contributed by atoms with E-state index in [1.807, 2.05) is 48.5 Å². The van der Waals surface area contributed by atoms with Crippen molar-refractivity contribution < 1.29 is 38.1 Å². The summed E-state index contributed by atoms with van der Waals surface area (Å²) < 4.78 is 21.7. The monoisotopic (exact) mass is 592 g/mol. The number of esters is 4. The van der Waals surface area contributed by atoms with Crippen LogP contribution in [0.1, 0.15) is 44.5 Å². The molecule has 0 aliphatic carbocycles. The summed E-state index contributed by atoms with van der Waals surface area (Å²) >= 11 is 0. The average molecular weight is 593 g/mol. The van der Waals surface area contributed by atoms with E-state index in [0.29, 0.717) is 0 Å². The molecule has 7 aliphatic heterocycles. The van der Waals surface area contributed by atoms with Crippen molar-refractivity contribution in [2.24, 2.45) is 0 Å². The van der Waals surface area contributed by atoms with Gasteiger partial charge in [0.05, 0.1) is 25.7 Å². The summed E-state index contributed by atoms with van der Waals surface area (Å²) in [6.45, 7) is 0.497. The molecule has 0 amide bonds. The van der Waals surface area contributed by atoms with E-state index in [-0.39, 0.29) is 76.0 Å². The van der Waals surface area contributed by atoms with Crippen molar-refractivity contribution in [1.29, 1.82) is 0 Å². The Labute approximate surface area is 255 Å². The Balaban J connectivity index is 1.23. The first-order chi connectivity index (χ1) is 21.4. The van der Waals surface area contributed by atoms with Crippen LogP contribution in [-0.2, 0) is 90.2 Å². The van der Waals surface area contributed by atoms with E-state index >= 15 is 0 Å². The zero-order chi connectivity index (χ0) is 30.7. The molecule has 224 valence electrons. The van der Waals surface area contributed by atoms with Gasteiger partial charge in [-0.15, -0.1) is 0 Å². The maximum Gasteiger partial charge on any atom is 0.310 e. The molecule has 0 spiro atoms. The van der Waals surface area contributed by atoms with Gasteiger partial charge in [0, 0.05) is 0 Å². The van der Waals surface area contributed by atoms with Gasteiger partial charge in [0.25, 0.3) is 0 Å². The number of rotatable bonds is 0. The van der Waals surface area contributed by atoms with Gasteiger partial charge in [-0.3, -0.25) is 19.2 Å². The van der Waals surface area contributed by atoms with Gasteiger partial charge >= 0.3 is 23.9 Å². The van der Waals surface area contributed by atoms with Gasteiger partial charge in [-0.1, -0.05) is 97.1 Å². The molecule has 11 rings (SSSR count). The molecule has 0 unspecified atom stereocenters. The van der Waals surface area contributed by atoms with E-state index in [2.05, 4.69) is 0 Å². The van der Waals surface area contributed by atoms with Crippen LogP contribution in [0.3, 0.4) is 0 Å². The molecule has 44 heavy (non-hydrogen) atoms. The van der Waals surface area contributed by atoms with Crippen molar-refractivity contribution >= 4 is 23.9 Å². The van der Waals surface area contributed by atoms with Crippen molar-refractivity contribution in [2.45, 2.75) is 52.1 Å². The minimum atomic E-state index is -0.363. The van der Waals surface area contributed by atoms with Gasteiger partial charge in [0.15, 0.2) is 0 Å². The summed E-state index contributed by atoms with van der Waals surface area (Å²) in [6.07, 6.45) is 0.431. The topological polar surface area (TPSA) is 105 Å². The van der Waals surface area contributed by atoms with Gasteiger partial charge in [-0.05, 0) is 44.5 Å². The van der Waals surface area contributed by atoms with Gasteiger partial charge in [-0.2, -0.15) is 0 Å². The molecular weight excluding hydrogens is 560 g/mol. The van der Waals surface area contributed by atoms with Crippen LogP contribution in [0.15, 0.2) is 97.1 Å². The summed E-state index contributed by atoms with van der Waals surface area (Å²) in [6, 6.07) is 29.0. The van der Waals surface area contributed by atoms with Crippen LogP contribution in [-0.4, -0.2) is 23.9 Å². The Morgan fingerprint density at radius 2 is 0.432 bits per heavy atom. The Kier molecular flexibility index (Phi) is 10.2. The van der Waals surface area contributed by atoms with Crippen molar-refractivity contribution in [2.75, 3.05) is 0 Å². The van der Waals surface area contributed by atoms with E-state index < -0.39 is 0 Å². The fourth-order valence-electron chi connectivity index (χ4n) is 4.54. The lowest BCUT2D eigenvalue weighted by Crippen LogP contribution is -2.10. The summed E-state index contributed by atoms with van der Waals surface area (Å²) in [7, 11) is 0. The average Bonchev–Trinajstić information content (AvgIpc) is 3.03. The Morgan fingerprint density at radius 1 is 0.273 bits per heavy atom. The molecule has 0 fully saturated rings. The second-order valence-corrected chi connectivity index (χ2v) is 10.6. The molecule has 0 radical (unpaired) electrons. The van der Waals surface area contributed by atoms with Crippen molar-refractivity contribution in [3.8, 4) is 0 Å². The van der Waals surface area contributed by atoms with Crippen LogP contribution >= 0.6 is 0 Å². The molecule has 8 heteroatoms. The third-order valence-electron chi connectivity index (χ3n) is 7.09. The smallest absolute Gasteiger partial charge is 0.310 e. The third kappa shape index (κ3) is 9.39. The van der Waals surface area contributed by atoms with E-state index in [0.717, 1.165) is 44.5 Å². The standard InChI is InChI=1S/C36H32O8/c37-33-17-25-1-2-26(4-3-25)18-34(38)42-22-30-13-15-32(16-14-30)24-44-36(40)20-28-7-5-27(6-8-28)19-35(39)43-23-31-11-9-29(10-12-31)21-41-33/h1-16H,17-24H2. The van der Waals surface area contributed by atoms with Crippen molar-refractivity contribution in [3.63, 3.8) is 0 Å². The second-order valence-electron chi connectivity index (χ2n) is 10.6. The molecule has 7 aliphatic rings. The molecular formula is C36H32O8. The van der Waals surface area contributed by atoms with E-state index in [4.69, 9.17) is 18.9 Å². The van der Waals surface area contributed by atoms with E-state index in [9.17, 15) is 19.2 Å². The quantitative estimate of drug-likeness (QED) is 0.204. The van der Waals surface area contributed by atoms with Crippen LogP contribution in [0.4, 0.5) is 0 Å². The Hall–Kier alpha value is -5.24. The fraction of sp³-hybridized carbons (Fsp3) is 0.222. The third-order valence-corrected chi connectivity index (χ3v) is 7.09. The van der Waals surface area contributed by atoms with Crippen molar-refractivity contribution in [3.05, 3.63) is 142 Å². The molecule has 0 aromatic heterocycles. The first-order valence-corrected chi connectivity index (χ1v) is 14.3. The maximum absolute atomic E-state index is 12.4. The van der Waals surface area contributed by atoms with Crippen LogP contribution in [0.2, 0.25) is 0 Å². The maximum atomic E-state index is 12.4. The van der Waals surface area contributed by atoms with E-state index in [1.165, 1.54) is 0 Å². The zero-order valence-corrected chi connectivity index (χ0v) is 24.2. The Morgan fingerprint density at radius 3 is 0.614 bits per heavy atom. The molecule has 0 atom stereocenters. The number of carbonyl (C=O) groups excluding carboxylic acids is 4. The van der Waals surface area contributed by atoms with Gasteiger partial charge in [0.2, 0.25) is 0 Å². The molecule has 8 bridgehead atoms. The summed E-state index contributed by atoms with van der Waals surface area (Å²) in [5, 5.41) is 0. The number of carbonyl (C=O) groups is 4. The lowest BCUT2D eigenvalue weighted by Gasteiger charge is -2.09. The number of hydrogen-bond acceptors (Lipinski definition) is 8. The van der Waals surface area contributed by atoms with Crippen LogP contribution in [0.25, 0.3) is 0 Å². The first-order valence-electron chi connectivity index (χ1n) is 14.3. The summed E-state index contributed by atoms with van der Waals surface area (Å²) in [4.78, 5) is 49.5.